The SMILES string of the molecule is CCC1(CNCc2ncc(C)c(OC)c2C)CC1. The summed E-state index contributed by atoms with van der Waals surface area (Å²) in [4.78, 5) is 4.51. The predicted molar refractivity (Wildman–Crippen MR) is 73.9 cm³/mol. The molecule has 1 aromatic rings. The van der Waals surface area contributed by atoms with E-state index in [2.05, 4.69) is 24.1 Å². The number of aryl methyl sites for hydroxylation is 1. The van der Waals surface area contributed by atoms with E-state index in [0.29, 0.717) is 5.41 Å². The second kappa shape index (κ2) is 5.27. The van der Waals surface area contributed by atoms with Crippen molar-refractivity contribution in [2.75, 3.05) is 13.7 Å². The van der Waals surface area contributed by atoms with Gasteiger partial charge in [0.05, 0.1) is 12.8 Å². The van der Waals surface area contributed by atoms with Crippen LogP contribution in [0.3, 0.4) is 0 Å². The first-order valence-corrected chi connectivity index (χ1v) is 6.81. The van der Waals surface area contributed by atoms with Crippen LogP contribution < -0.4 is 10.1 Å². The molecule has 0 amide bonds. The van der Waals surface area contributed by atoms with E-state index in [9.17, 15) is 0 Å². The average Bonchev–Trinajstić information content (AvgIpc) is 3.13. The number of hydrogen-bond acceptors (Lipinski definition) is 3. The fourth-order valence-electron chi connectivity index (χ4n) is 2.53. The van der Waals surface area contributed by atoms with Gasteiger partial charge in [0.2, 0.25) is 0 Å². The van der Waals surface area contributed by atoms with Crippen LogP contribution in [-0.2, 0) is 6.54 Å². The van der Waals surface area contributed by atoms with Crippen LogP contribution in [0.1, 0.15) is 43.0 Å². The molecule has 0 bridgehead atoms. The molecule has 1 aliphatic rings. The molecule has 100 valence electrons. The lowest BCUT2D eigenvalue weighted by Crippen LogP contribution is -2.24. The van der Waals surface area contributed by atoms with Crippen LogP contribution in [0.15, 0.2) is 6.20 Å². The summed E-state index contributed by atoms with van der Waals surface area (Å²) >= 11 is 0. The second-order valence-corrected chi connectivity index (χ2v) is 5.50. The molecule has 1 heterocycles. The van der Waals surface area contributed by atoms with Gasteiger partial charge >= 0.3 is 0 Å². The molecule has 0 unspecified atom stereocenters. The standard InChI is InChI=1S/C15H24N2O/c1-5-15(6-7-15)10-16-9-13-12(3)14(18-4)11(2)8-17-13/h8,16H,5-7,9-10H2,1-4H3. The Hall–Kier alpha value is -1.09. The number of nitrogens with one attached hydrogen (secondary N) is 1. The molecule has 1 fully saturated rings. The maximum Gasteiger partial charge on any atom is 0.128 e. The van der Waals surface area contributed by atoms with Gasteiger partial charge in [-0.2, -0.15) is 0 Å². The molecule has 2 rings (SSSR count). The minimum absolute atomic E-state index is 0.586. The van der Waals surface area contributed by atoms with Gasteiger partial charge in [-0.25, -0.2) is 0 Å². The van der Waals surface area contributed by atoms with Gasteiger partial charge in [0.1, 0.15) is 5.75 Å². The Morgan fingerprint density at radius 3 is 2.67 bits per heavy atom. The van der Waals surface area contributed by atoms with Gasteiger partial charge < -0.3 is 10.1 Å². The summed E-state index contributed by atoms with van der Waals surface area (Å²) in [5, 5.41) is 3.55. The highest BCUT2D eigenvalue weighted by Crippen LogP contribution is 2.47. The Kier molecular flexibility index (Phi) is 3.91. The summed E-state index contributed by atoms with van der Waals surface area (Å²) in [7, 11) is 1.73. The molecule has 1 N–H and O–H groups in total. The van der Waals surface area contributed by atoms with E-state index in [0.717, 1.165) is 35.7 Å². The Labute approximate surface area is 110 Å². The maximum atomic E-state index is 5.43. The van der Waals surface area contributed by atoms with Gasteiger partial charge in [0, 0.05) is 30.4 Å². The third-order valence-electron chi connectivity index (χ3n) is 4.25. The molecule has 0 aliphatic heterocycles. The first kappa shape index (κ1) is 13.3. The van der Waals surface area contributed by atoms with Crippen LogP contribution >= 0.6 is 0 Å². The van der Waals surface area contributed by atoms with Crippen LogP contribution in [0.2, 0.25) is 0 Å². The van der Waals surface area contributed by atoms with Gasteiger partial charge in [-0.3, -0.25) is 4.98 Å². The summed E-state index contributed by atoms with van der Waals surface area (Å²) in [5.74, 6) is 0.971. The quantitative estimate of drug-likeness (QED) is 0.840. The Bertz CT molecular complexity index is 425. The zero-order valence-corrected chi connectivity index (χ0v) is 12.0. The van der Waals surface area contributed by atoms with Crippen molar-refractivity contribution in [2.45, 2.75) is 46.6 Å². The van der Waals surface area contributed by atoms with E-state index in [1.165, 1.54) is 19.3 Å². The number of pyridine rings is 1. The summed E-state index contributed by atoms with van der Waals surface area (Å²) in [5.41, 5.74) is 3.95. The number of hydrogen-bond donors (Lipinski definition) is 1. The molecule has 1 aromatic heterocycles. The topological polar surface area (TPSA) is 34.2 Å². The van der Waals surface area contributed by atoms with E-state index >= 15 is 0 Å². The van der Waals surface area contributed by atoms with Crippen molar-refractivity contribution in [2.24, 2.45) is 5.41 Å². The van der Waals surface area contributed by atoms with Gasteiger partial charge in [0.25, 0.3) is 0 Å². The van der Waals surface area contributed by atoms with Crippen molar-refractivity contribution in [1.29, 1.82) is 0 Å². The number of methoxy groups -OCH3 is 1. The molecule has 0 atom stereocenters. The summed E-state index contributed by atoms with van der Waals surface area (Å²) in [6, 6.07) is 0. The van der Waals surface area contributed by atoms with Crippen molar-refractivity contribution in [3.63, 3.8) is 0 Å². The van der Waals surface area contributed by atoms with Crippen molar-refractivity contribution in [3.05, 3.63) is 23.0 Å². The van der Waals surface area contributed by atoms with Crippen molar-refractivity contribution in [1.82, 2.24) is 10.3 Å². The second-order valence-electron chi connectivity index (χ2n) is 5.50. The first-order chi connectivity index (χ1) is 8.62. The Morgan fingerprint density at radius 2 is 2.11 bits per heavy atom. The molecule has 0 saturated heterocycles. The van der Waals surface area contributed by atoms with Crippen molar-refractivity contribution >= 4 is 0 Å². The van der Waals surface area contributed by atoms with Crippen LogP contribution in [-0.4, -0.2) is 18.6 Å². The smallest absolute Gasteiger partial charge is 0.128 e. The summed E-state index contributed by atoms with van der Waals surface area (Å²) in [6.07, 6.45) is 5.93. The molecular formula is C15H24N2O. The molecule has 0 spiro atoms. The van der Waals surface area contributed by atoms with E-state index in [-0.39, 0.29) is 0 Å². The van der Waals surface area contributed by atoms with Crippen LogP contribution in [0.5, 0.6) is 5.75 Å². The Morgan fingerprint density at radius 1 is 1.39 bits per heavy atom. The van der Waals surface area contributed by atoms with Crippen LogP contribution in [0.25, 0.3) is 0 Å². The average molecular weight is 248 g/mol. The summed E-state index contributed by atoms with van der Waals surface area (Å²) < 4.78 is 5.43. The molecule has 3 nitrogen and oxygen atoms in total. The van der Waals surface area contributed by atoms with Gasteiger partial charge in [-0.1, -0.05) is 6.92 Å². The predicted octanol–water partition coefficient (Wildman–Crippen LogP) is 2.99. The zero-order chi connectivity index (χ0) is 13.2. The van der Waals surface area contributed by atoms with Gasteiger partial charge in [-0.05, 0) is 38.5 Å². The molecule has 0 aromatic carbocycles. The largest absolute Gasteiger partial charge is 0.496 e. The highest BCUT2D eigenvalue weighted by atomic mass is 16.5. The van der Waals surface area contributed by atoms with Gasteiger partial charge in [0.15, 0.2) is 0 Å². The first-order valence-electron chi connectivity index (χ1n) is 6.81. The van der Waals surface area contributed by atoms with Gasteiger partial charge in [-0.15, -0.1) is 0 Å². The third kappa shape index (κ3) is 2.66. The lowest BCUT2D eigenvalue weighted by atomic mass is 10.0. The number of rotatable bonds is 6. The van der Waals surface area contributed by atoms with Crippen molar-refractivity contribution in [3.8, 4) is 5.75 Å². The van der Waals surface area contributed by atoms with Crippen LogP contribution in [0, 0.1) is 19.3 Å². The fraction of sp³-hybridized carbons (Fsp3) is 0.667. The van der Waals surface area contributed by atoms with Crippen molar-refractivity contribution < 1.29 is 4.74 Å². The zero-order valence-electron chi connectivity index (χ0n) is 12.0. The lowest BCUT2D eigenvalue weighted by Gasteiger charge is -2.15. The molecular weight excluding hydrogens is 224 g/mol. The molecule has 0 radical (unpaired) electrons. The molecule has 18 heavy (non-hydrogen) atoms. The Balaban J connectivity index is 1.97. The number of nitrogens with zero attached hydrogens (tertiary/aromatic N) is 1. The van der Waals surface area contributed by atoms with E-state index in [1.807, 2.05) is 13.1 Å². The number of ether oxygens (including phenoxy) is 1. The molecule has 3 heteroatoms. The highest BCUT2D eigenvalue weighted by Gasteiger charge is 2.39. The third-order valence-corrected chi connectivity index (χ3v) is 4.25. The normalized spacial score (nSPS) is 16.7. The lowest BCUT2D eigenvalue weighted by molar-refractivity contribution is 0.405. The molecule has 1 aliphatic carbocycles. The molecule has 1 saturated carbocycles. The maximum absolute atomic E-state index is 5.43. The summed E-state index contributed by atoms with van der Waals surface area (Å²) in [6.45, 7) is 8.35. The van der Waals surface area contributed by atoms with Crippen LogP contribution in [0.4, 0.5) is 0 Å². The van der Waals surface area contributed by atoms with E-state index in [4.69, 9.17) is 4.74 Å². The number of aromatic nitrogens is 1. The fourth-order valence-corrected chi connectivity index (χ4v) is 2.53. The van der Waals surface area contributed by atoms with E-state index in [1.54, 1.807) is 7.11 Å². The monoisotopic (exact) mass is 248 g/mol. The minimum atomic E-state index is 0.586. The highest BCUT2D eigenvalue weighted by molar-refractivity contribution is 5.40. The minimum Gasteiger partial charge on any atom is -0.496 e. The van der Waals surface area contributed by atoms with E-state index < -0.39 is 0 Å².